The molecule has 0 radical (unpaired) electrons. The molecule has 0 saturated carbocycles. The fourth-order valence-corrected chi connectivity index (χ4v) is 1.21. The fourth-order valence-electron chi connectivity index (χ4n) is 1.04. The molecule has 1 aromatic rings. The highest BCUT2D eigenvalue weighted by molar-refractivity contribution is 6.31. The molecule has 1 aromatic carbocycles. The number of aliphatic hydroxyl groups excluding tert-OH is 1. The third-order valence-corrected chi connectivity index (χ3v) is 1.88. The molecule has 14 heavy (non-hydrogen) atoms. The molecular formula is C10H9ClO3. The van der Waals surface area contributed by atoms with E-state index >= 15 is 0 Å². The molecule has 0 atom stereocenters. The molecule has 0 unspecified atom stereocenters. The van der Waals surface area contributed by atoms with Crippen LogP contribution in [0, 0.1) is 0 Å². The topological polar surface area (TPSA) is 57.5 Å². The van der Waals surface area contributed by atoms with Crippen molar-refractivity contribution in [1.82, 2.24) is 0 Å². The van der Waals surface area contributed by atoms with Crippen LogP contribution < -0.4 is 0 Å². The molecule has 74 valence electrons. The number of carboxylic acids is 1. The molecule has 0 aliphatic heterocycles. The number of carbonyl (C=O) groups is 1. The van der Waals surface area contributed by atoms with Crippen molar-refractivity contribution < 1.29 is 15.0 Å². The smallest absolute Gasteiger partial charge is 0.336 e. The number of rotatable bonds is 3. The van der Waals surface area contributed by atoms with Crippen molar-refractivity contribution >= 4 is 23.6 Å². The third kappa shape index (κ3) is 2.58. The monoisotopic (exact) mass is 212 g/mol. The van der Waals surface area contributed by atoms with Crippen LogP contribution in [0.1, 0.15) is 15.9 Å². The summed E-state index contributed by atoms with van der Waals surface area (Å²) in [4.78, 5) is 10.8. The van der Waals surface area contributed by atoms with Crippen LogP contribution in [0.25, 0.3) is 6.08 Å². The van der Waals surface area contributed by atoms with Gasteiger partial charge in [-0.25, -0.2) is 4.79 Å². The zero-order chi connectivity index (χ0) is 10.6. The van der Waals surface area contributed by atoms with Crippen LogP contribution in [-0.4, -0.2) is 22.8 Å². The number of hydrogen-bond donors (Lipinski definition) is 2. The van der Waals surface area contributed by atoms with Gasteiger partial charge in [-0.2, -0.15) is 0 Å². The molecule has 1 rings (SSSR count). The lowest BCUT2D eigenvalue weighted by atomic mass is 10.1. The number of aromatic carboxylic acids is 1. The second-order valence-electron chi connectivity index (χ2n) is 2.62. The Morgan fingerprint density at radius 3 is 2.79 bits per heavy atom. The predicted octanol–water partition coefficient (Wildman–Crippen LogP) is 2.04. The highest BCUT2D eigenvalue weighted by Gasteiger charge is 2.07. The molecule has 2 N–H and O–H groups in total. The SMILES string of the molecule is O=C(O)c1cc(Cl)ccc1C=CCO. The van der Waals surface area contributed by atoms with E-state index in [-0.39, 0.29) is 12.2 Å². The van der Waals surface area contributed by atoms with Gasteiger partial charge in [0.15, 0.2) is 0 Å². The van der Waals surface area contributed by atoms with E-state index in [4.69, 9.17) is 21.8 Å². The molecular weight excluding hydrogens is 204 g/mol. The maximum atomic E-state index is 10.8. The Morgan fingerprint density at radius 2 is 2.21 bits per heavy atom. The number of benzene rings is 1. The summed E-state index contributed by atoms with van der Waals surface area (Å²) in [6, 6.07) is 4.57. The lowest BCUT2D eigenvalue weighted by Crippen LogP contribution is -1.99. The van der Waals surface area contributed by atoms with E-state index in [2.05, 4.69) is 0 Å². The molecule has 0 aliphatic rings. The molecule has 0 fully saturated rings. The Balaban J connectivity index is 3.15. The lowest BCUT2D eigenvalue weighted by molar-refractivity contribution is 0.0696. The van der Waals surface area contributed by atoms with Crippen molar-refractivity contribution in [2.45, 2.75) is 0 Å². The Hall–Kier alpha value is -1.32. The molecule has 3 nitrogen and oxygen atoms in total. The third-order valence-electron chi connectivity index (χ3n) is 1.65. The second-order valence-corrected chi connectivity index (χ2v) is 3.06. The summed E-state index contributed by atoms with van der Waals surface area (Å²) in [7, 11) is 0. The van der Waals surface area contributed by atoms with E-state index in [1.54, 1.807) is 18.2 Å². The lowest BCUT2D eigenvalue weighted by Gasteiger charge is -2.01. The zero-order valence-electron chi connectivity index (χ0n) is 7.27. The molecule has 4 heteroatoms. The average molecular weight is 213 g/mol. The Labute approximate surface area is 86.3 Å². The van der Waals surface area contributed by atoms with Crippen LogP contribution in [0.2, 0.25) is 5.02 Å². The Bertz CT molecular complexity index is 372. The van der Waals surface area contributed by atoms with Gasteiger partial charge in [0.05, 0.1) is 12.2 Å². The minimum Gasteiger partial charge on any atom is -0.478 e. The van der Waals surface area contributed by atoms with Gasteiger partial charge in [-0.15, -0.1) is 0 Å². The van der Waals surface area contributed by atoms with Gasteiger partial charge in [0, 0.05) is 5.02 Å². The van der Waals surface area contributed by atoms with Crippen molar-refractivity contribution in [2.24, 2.45) is 0 Å². The van der Waals surface area contributed by atoms with E-state index in [1.807, 2.05) is 0 Å². The van der Waals surface area contributed by atoms with Crippen LogP contribution in [0.15, 0.2) is 24.3 Å². The normalized spacial score (nSPS) is 10.7. The van der Waals surface area contributed by atoms with Gasteiger partial charge >= 0.3 is 5.97 Å². The van der Waals surface area contributed by atoms with Gasteiger partial charge in [-0.05, 0) is 17.7 Å². The average Bonchev–Trinajstić information content (AvgIpc) is 2.15. The fraction of sp³-hybridized carbons (Fsp3) is 0.100. The van der Waals surface area contributed by atoms with Gasteiger partial charge in [0.1, 0.15) is 0 Å². The second kappa shape index (κ2) is 4.79. The van der Waals surface area contributed by atoms with E-state index in [0.29, 0.717) is 10.6 Å². The maximum Gasteiger partial charge on any atom is 0.336 e. The van der Waals surface area contributed by atoms with E-state index < -0.39 is 5.97 Å². The van der Waals surface area contributed by atoms with Crippen molar-refractivity contribution in [3.8, 4) is 0 Å². The predicted molar refractivity (Wildman–Crippen MR) is 54.5 cm³/mol. The van der Waals surface area contributed by atoms with Crippen LogP contribution in [0.3, 0.4) is 0 Å². The summed E-state index contributed by atoms with van der Waals surface area (Å²) in [6.45, 7) is -0.123. The molecule has 0 saturated heterocycles. The van der Waals surface area contributed by atoms with Crippen LogP contribution in [-0.2, 0) is 0 Å². The quantitative estimate of drug-likeness (QED) is 0.806. The first kappa shape index (κ1) is 10.8. The molecule has 0 spiro atoms. The molecule has 0 aliphatic carbocycles. The van der Waals surface area contributed by atoms with Crippen LogP contribution in [0.4, 0.5) is 0 Å². The first-order chi connectivity index (χ1) is 6.65. The Morgan fingerprint density at radius 1 is 1.50 bits per heavy atom. The minimum atomic E-state index is -1.04. The van der Waals surface area contributed by atoms with Gasteiger partial charge in [0.2, 0.25) is 0 Å². The van der Waals surface area contributed by atoms with Gasteiger partial charge in [0.25, 0.3) is 0 Å². The highest BCUT2D eigenvalue weighted by atomic mass is 35.5. The van der Waals surface area contributed by atoms with Crippen LogP contribution >= 0.6 is 11.6 Å². The summed E-state index contributed by atoms with van der Waals surface area (Å²) >= 11 is 5.66. The van der Waals surface area contributed by atoms with Gasteiger partial charge < -0.3 is 10.2 Å². The molecule has 0 heterocycles. The molecule has 0 amide bonds. The van der Waals surface area contributed by atoms with Crippen molar-refractivity contribution in [3.05, 3.63) is 40.4 Å². The van der Waals surface area contributed by atoms with E-state index in [0.717, 1.165) is 0 Å². The minimum absolute atomic E-state index is 0.123. The van der Waals surface area contributed by atoms with Gasteiger partial charge in [-0.1, -0.05) is 29.8 Å². The standard InChI is InChI=1S/C10H9ClO3/c11-8-4-3-7(2-1-5-12)9(6-8)10(13)14/h1-4,6,12H,5H2,(H,13,14). The van der Waals surface area contributed by atoms with E-state index in [1.165, 1.54) is 12.1 Å². The highest BCUT2D eigenvalue weighted by Crippen LogP contribution is 2.17. The molecule has 0 aromatic heterocycles. The van der Waals surface area contributed by atoms with Crippen LogP contribution in [0.5, 0.6) is 0 Å². The number of hydrogen-bond acceptors (Lipinski definition) is 2. The van der Waals surface area contributed by atoms with Gasteiger partial charge in [-0.3, -0.25) is 0 Å². The van der Waals surface area contributed by atoms with E-state index in [9.17, 15) is 4.79 Å². The number of aliphatic hydroxyl groups is 1. The molecule has 0 bridgehead atoms. The summed E-state index contributed by atoms with van der Waals surface area (Å²) in [5, 5.41) is 17.8. The summed E-state index contributed by atoms with van der Waals surface area (Å²) in [5.74, 6) is -1.04. The van der Waals surface area contributed by atoms with Crippen molar-refractivity contribution in [1.29, 1.82) is 0 Å². The Kier molecular flexibility index (Phi) is 3.68. The first-order valence-corrected chi connectivity index (χ1v) is 4.33. The number of carboxylic acid groups (broad SMARTS) is 1. The summed E-state index contributed by atoms with van der Waals surface area (Å²) < 4.78 is 0. The summed E-state index contributed by atoms with van der Waals surface area (Å²) in [5.41, 5.74) is 0.651. The van der Waals surface area contributed by atoms with Crippen molar-refractivity contribution in [2.75, 3.05) is 6.61 Å². The first-order valence-electron chi connectivity index (χ1n) is 3.95. The van der Waals surface area contributed by atoms with Crippen molar-refractivity contribution in [3.63, 3.8) is 0 Å². The maximum absolute atomic E-state index is 10.8. The largest absolute Gasteiger partial charge is 0.478 e. The zero-order valence-corrected chi connectivity index (χ0v) is 8.03. The summed E-state index contributed by atoms with van der Waals surface area (Å²) in [6.07, 6.45) is 3.01. The number of halogens is 1.